The van der Waals surface area contributed by atoms with Gasteiger partial charge in [-0.1, -0.05) is 37.8 Å². The van der Waals surface area contributed by atoms with Crippen molar-refractivity contribution in [3.8, 4) is 11.8 Å². The van der Waals surface area contributed by atoms with Gasteiger partial charge in [0.25, 0.3) is 0 Å². The lowest BCUT2D eigenvalue weighted by atomic mass is 9.81. The third-order valence-electron chi connectivity index (χ3n) is 3.23. The molecule has 1 aromatic rings. The lowest BCUT2D eigenvalue weighted by Gasteiger charge is -2.35. The van der Waals surface area contributed by atoms with E-state index in [0.29, 0.717) is 24.1 Å². The molecule has 0 unspecified atom stereocenters. The molecule has 0 saturated carbocycles. The Morgan fingerprint density at radius 3 is 2.40 bits per heavy atom. The predicted molar refractivity (Wildman–Crippen MR) is 77.9 cm³/mol. The van der Waals surface area contributed by atoms with Crippen molar-refractivity contribution in [2.45, 2.75) is 26.7 Å². The van der Waals surface area contributed by atoms with E-state index in [-0.39, 0.29) is 23.8 Å². The fourth-order valence-electron chi connectivity index (χ4n) is 2.37. The number of hydrogen-bond acceptors (Lipinski definition) is 3. The van der Waals surface area contributed by atoms with Crippen LogP contribution >= 0.6 is 0 Å². The Balaban J connectivity index is 2.41. The van der Waals surface area contributed by atoms with Crippen LogP contribution in [-0.4, -0.2) is 18.4 Å². The van der Waals surface area contributed by atoms with Crippen LogP contribution < -0.4 is 10.6 Å². The van der Waals surface area contributed by atoms with Gasteiger partial charge in [-0.05, 0) is 17.5 Å². The number of nitrogens with zero attached hydrogens (tertiary/aromatic N) is 1. The minimum atomic E-state index is -0.275. The predicted octanol–water partition coefficient (Wildman–Crippen LogP) is 1.68. The van der Waals surface area contributed by atoms with E-state index >= 15 is 0 Å². The maximum atomic E-state index is 12.3. The average Bonchev–Trinajstić information content (AvgIpc) is 2.35. The van der Waals surface area contributed by atoms with Crippen LogP contribution in [0.2, 0.25) is 0 Å². The van der Waals surface area contributed by atoms with Gasteiger partial charge in [0.15, 0.2) is 0 Å². The van der Waals surface area contributed by atoms with Crippen LogP contribution in [0.25, 0.3) is 0 Å². The van der Waals surface area contributed by atoms with E-state index in [1.54, 1.807) is 18.2 Å². The first-order valence-electron chi connectivity index (χ1n) is 6.58. The summed E-state index contributed by atoms with van der Waals surface area (Å²) in [7, 11) is 0. The summed E-state index contributed by atoms with van der Waals surface area (Å²) in [6, 6.07) is 7.16. The van der Waals surface area contributed by atoms with Crippen LogP contribution in [0.5, 0.6) is 0 Å². The zero-order valence-corrected chi connectivity index (χ0v) is 11.8. The van der Waals surface area contributed by atoms with Crippen molar-refractivity contribution in [3.05, 3.63) is 29.8 Å². The molecule has 2 amide bonds. The van der Waals surface area contributed by atoms with Crippen LogP contribution in [0, 0.1) is 17.3 Å². The van der Waals surface area contributed by atoms with Crippen LogP contribution in [0.1, 0.15) is 32.3 Å². The number of benzene rings is 1. The molecule has 4 nitrogen and oxygen atoms in total. The number of nitrogens with two attached hydrogens (primary N) is 1. The van der Waals surface area contributed by atoms with Crippen LogP contribution in [-0.2, 0) is 9.59 Å². The van der Waals surface area contributed by atoms with Crippen LogP contribution in [0.4, 0.5) is 5.69 Å². The summed E-state index contributed by atoms with van der Waals surface area (Å²) in [5.41, 5.74) is 6.31. The number of imide groups is 1. The van der Waals surface area contributed by atoms with Gasteiger partial charge in [0.05, 0.1) is 12.2 Å². The zero-order valence-electron chi connectivity index (χ0n) is 11.8. The first-order valence-corrected chi connectivity index (χ1v) is 6.58. The highest BCUT2D eigenvalue weighted by molar-refractivity contribution is 6.17. The first kappa shape index (κ1) is 14.3. The smallest absolute Gasteiger partial charge is 0.234 e. The molecule has 0 bridgehead atoms. The lowest BCUT2D eigenvalue weighted by molar-refractivity contribution is -0.132. The summed E-state index contributed by atoms with van der Waals surface area (Å²) in [4.78, 5) is 25.8. The molecule has 0 spiro atoms. The molecule has 1 saturated heterocycles. The van der Waals surface area contributed by atoms with Crippen LogP contribution in [0.3, 0.4) is 0 Å². The fourth-order valence-corrected chi connectivity index (χ4v) is 2.37. The summed E-state index contributed by atoms with van der Waals surface area (Å²) >= 11 is 0. The quantitative estimate of drug-likeness (QED) is 0.623. The SMILES string of the molecule is CC1(C)CC(=O)N(c2ccccc2C#CCN)C(=O)C1. The molecule has 2 N–H and O–H groups in total. The Labute approximate surface area is 118 Å². The Kier molecular flexibility index (Phi) is 3.91. The standard InChI is InChI=1S/C16H18N2O2/c1-16(2)10-14(19)18(15(20)11-16)13-8-4-3-6-12(13)7-5-9-17/h3-4,6,8H,9-11,17H2,1-2H3. The molecule has 104 valence electrons. The molecule has 1 fully saturated rings. The maximum Gasteiger partial charge on any atom is 0.234 e. The first-order chi connectivity index (χ1) is 9.44. The van der Waals surface area contributed by atoms with Gasteiger partial charge in [0.2, 0.25) is 11.8 Å². The topological polar surface area (TPSA) is 63.4 Å². The third-order valence-corrected chi connectivity index (χ3v) is 3.23. The Morgan fingerprint density at radius 1 is 1.20 bits per heavy atom. The average molecular weight is 270 g/mol. The van der Waals surface area contributed by atoms with Crippen LogP contribution in [0.15, 0.2) is 24.3 Å². The van der Waals surface area contributed by atoms with Crippen molar-refractivity contribution in [3.63, 3.8) is 0 Å². The third kappa shape index (κ3) is 2.89. The highest BCUT2D eigenvalue weighted by atomic mass is 16.2. The molecule has 1 aliphatic heterocycles. The molecule has 20 heavy (non-hydrogen) atoms. The van der Waals surface area contributed by atoms with Gasteiger partial charge in [-0.25, -0.2) is 4.90 Å². The molecule has 1 heterocycles. The summed E-state index contributed by atoms with van der Waals surface area (Å²) < 4.78 is 0. The second-order valence-electron chi connectivity index (χ2n) is 5.66. The monoisotopic (exact) mass is 270 g/mol. The Hall–Kier alpha value is -2.12. The summed E-state index contributed by atoms with van der Waals surface area (Å²) in [5.74, 6) is 5.32. The number of piperidine rings is 1. The highest BCUT2D eigenvalue weighted by Gasteiger charge is 2.38. The van der Waals surface area contributed by atoms with Crippen molar-refractivity contribution in [2.75, 3.05) is 11.4 Å². The molecular formula is C16H18N2O2. The Bertz CT molecular complexity index is 588. The number of rotatable bonds is 1. The summed E-state index contributed by atoms with van der Waals surface area (Å²) in [6.45, 7) is 4.10. The number of amides is 2. The second-order valence-corrected chi connectivity index (χ2v) is 5.66. The van der Waals surface area contributed by atoms with E-state index in [1.165, 1.54) is 4.90 Å². The zero-order chi connectivity index (χ0) is 14.8. The molecule has 0 atom stereocenters. The number of hydrogen-bond donors (Lipinski definition) is 1. The van der Waals surface area contributed by atoms with Crippen molar-refractivity contribution >= 4 is 17.5 Å². The number of anilines is 1. The van der Waals surface area contributed by atoms with Gasteiger partial charge in [-0.15, -0.1) is 0 Å². The van der Waals surface area contributed by atoms with Gasteiger partial charge in [-0.2, -0.15) is 0 Å². The van der Waals surface area contributed by atoms with Crippen molar-refractivity contribution in [1.82, 2.24) is 0 Å². The van der Waals surface area contributed by atoms with Gasteiger partial charge in [-0.3, -0.25) is 9.59 Å². The van der Waals surface area contributed by atoms with E-state index in [1.807, 2.05) is 19.9 Å². The van der Waals surface area contributed by atoms with Gasteiger partial charge < -0.3 is 5.73 Å². The van der Waals surface area contributed by atoms with E-state index < -0.39 is 0 Å². The number of carbonyl (C=O) groups excluding carboxylic acids is 2. The molecule has 1 aliphatic rings. The van der Waals surface area contributed by atoms with Gasteiger partial charge >= 0.3 is 0 Å². The lowest BCUT2D eigenvalue weighted by Crippen LogP contribution is -2.46. The molecule has 4 heteroatoms. The van der Waals surface area contributed by atoms with E-state index in [0.717, 1.165) is 0 Å². The molecule has 1 aromatic carbocycles. The number of para-hydroxylation sites is 1. The minimum absolute atomic E-state index is 0.173. The minimum Gasteiger partial charge on any atom is -0.320 e. The maximum absolute atomic E-state index is 12.3. The summed E-state index contributed by atoms with van der Waals surface area (Å²) in [6.07, 6.45) is 0.717. The van der Waals surface area contributed by atoms with Crippen molar-refractivity contribution in [1.29, 1.82) is 0 Å². The van der Waals surface area contributed by atoms with E-state index in [9.17, 15) is 9.59 Å². The number of carbonyl (C=O) groups is 2. The van der Waals surface area contributed by atoms with E-state index in [4.69, 9.17) is 5.73 Å². The Morgan fingerprint density at radius 2 is 1.80 bits per heavy atom. The molecular weight excluding hydrogens is 252 g/mol. The fraction of sp³-hybridized carbons (Fsp3) is 0.375. The van der Waals surface area contributed by atoms with E-state index in [2.05, 4.69) is 11.8 Å². The molecule has 2 rings (SSSR count). The molecule has 0 aromatic heterocycles. The normalized spacial score (nSPS) is 17.6. The van der Waals surface area contributed by atoms with Crippen molar-refractivity contribution in [2.24, 2.45) is 11.1 Å². The molecule has 0 radical (unpaired) electrons. The van der Waals surface area contributed by atoms with Gasteiger partial charge in [0.1, 0.15) is 0 Å². The highest BCUT2D eigenvalue weighted by Crippen LogP contribution is 2.34. The largest absolute Gasteiger partial charge is 0.320 e. The second kappa shape index (κ2) is 5.48. The summed E-state index contributed by atoms with van der Waals surface area (Å²) in [5, 5.41) is 0. The molecule has 0 aliphatic carbocycles. The van der Waals surface area contributed by atoms with Crippen molar-refractivity contribution < 1.29 is 9.59 Å². The van der Waals surface area contributed by atoms with Gasteiger partial charge in [0, 0.05) is 18.4 Å².